The van der Waals surface area contributed by atoms with Gasteiger partial charge in [-0.05, 0) is 23.9 Å². The van der Waals surface area contributed by atoms with Crippen molar-refractivity contribution in [2.45, 2.75) is 37.9 Å². The van der Waals surface area contributed by atoms with Crippen LogP contribution in [0.5, 0.6) is 11.8 Å². The molecule has 1 atom stereocenters. The molecule has 108 valence electrons. The predicted molar refractivity (Wildman–Crippen MR) is 84.1 cm³/mol. The molecule has 0 amide bonds. The van der Waals surface area contributed by atoms with Crippen LogP contribution in [0.1, 0.15) is 43.4 Å². The number of hydrogen-bond acceptors (Lipinski definition) is 3. The van der Waals surface area contributed by atoms with E-state index in [-0.39, 0.29) is 17.0 Å². The van der Waals surface area contributed by atoms with Gasteiger partial charge >= 0.3 is 0 Å². The summed E-state index contributed by atoms with van der Waals surface area (Å²) in [5.41, 5.74) is 1.22. The molecule has 20 heavy (non-hydrogen) atoms. The first-order valence-electron chi connectivity index (χ1n) is 7.04. The summed E-state index contributed by atoms with van der Waals surface area (Å²) in [6.07, 6.45) is 4.56. The molecule has 4 heteroatoms. The molecule has 1 aromatic carbocycles. The summed E-state index contributed by atoms with van der Waals surface area (Å²) in [5, 5.41) is 19.8. The van der Waals surface area contributed by atoms with Crippen molar-refractivity contribution in [1.82, 2.24) is 3.97 Å². The highest BCUT2D eigenvalue weighted by atomic mass is 32.2. The van der Waals surface area contributed by atoms with Crippen LogP contribution in [-0.4, -0.2) is 14.2 Å². The lowest BCUT2D eigenvalue weighted by Crippen LogP contribution is -1.98. The molecule has 1 heterocycles. The maximum atomic E-state index is 9.78. The average molecular weight is 291 g/mol. The van der Waals surface area contributed by atoms with E-state index < -0.39 is 0 Å². The summed E-state index contributed by atoms with van der Waals surface area (Å²) < 4.78 is 1.49. The fourth-order valence-corrected chi connectivity index (χ4v) is 3.31. The SMILES string of the molecule is CCCCCC(Sn1c(O)ccc1O)c1ccccc1. The highest BCUT2D eigenvalue weighted by Gasteiger charge is 2.16. The van der Waals surface area contributed by atoms with Crippen LogP contribution < -0.4 is 0 Å². The quantitative estimate of drug-likeness (QED) is 0.726. The number of aromatic nitrogens is 1. The fourth-order valence-electron chi connectivity index (χ4n) is 2.16. The number of unbranched alkanes of at least 4 members (excludes halogenated alkanes) is 2. The van der Waals surface area contributed by atoms with E-state index in [4.69, 9.17) is 0 Å². The van der Waals surface area contributed by atoms with Crippen LogP contribution in [0.15, 0.2) is 42.5 Å². The van der Waals surface area contributed by atoms with Gasteiger partial charge in [0, 0.05) is 12.1 Å². The fraction of sp³-hybridized carbons (Fsp3) is 0.375. The molecule has 0 radical (unpaired) electrons. The molecular weight excluding hydrogens is 270 g/mol. The zero-order chi connectivity index (χ0) is 14.4. The van der Waals surface area contributed by atoms with Gasteiger partial charge in [-0.2, -0.15) is 0 Å². The normalized spacial score (nSPS) is 12.4. The number of nitrogens with zero attached hydrogens (tertiary/aromatic N) is 1. The number of aromatic hydroxyl groups is 2. The van der Waals surface area contributed by atoms with E-state index in [0.29, 0.717) is 0 Å². The van der Waals surface area contributed by atoms with Gasteiger partial charge in [0.15, 0.2) is 0 Å². The van der Waals surface area contributed by atoms with E-state index in [1.807, 2.05) is 18.2 Å². The van der Waals surface area contributed by atoms with E-state index in [2.05, 4.69) is 19.1 Å². The number of rotatable bonds is 7. The predicted octanol–water partition coefficient (Wildman–Crippen LogP) is 4.72. The second kappa shape index (κ2) is 7.29. The van der Waals surface area contributed by atoms with E-state index in [0.717, 1.165) is 12.8 Å². The van der Waals surface area contributed by atoms with Crippen molar-refractivity contribution < 1.29 is 10.2 Å². The summed E-state index contributed by atoms with van der Waals surface area (Å²) in [4.78, 5) is 0. The second-order valence-electron chi connectivity index (χ2n) is 4.84. The Morgan fingerprint density at radius 3 is 2.25 bits per heavy atom. The third kappa shape index (κ3) is 3.73. The van der Waals surface area contributed by atoms with Crippen LogP contribution in [0.4, 0.5) is 0 Å². The van der Waals surface area contributed by atoms with Crippen LogP contribution in [0.25, 0.3) is 0 Å². The van der Waals surface area contributed by atoms with Gasteiger partial charge in [-0.15, -0.1) is 0 Å². The van der Waals surface area contributed by atoms with Crippen molar-refractivity contribution >= 4 is 11.9 Å². The summed E-state index contributed by atoms with van der Waals surface area (Å²) >= 11 is 1.47. The first kappa shape index (κ1) is 14.9. The minimum Gasteiger partial charge on any atom is -0.494 e. The molecule has 0 aliphatic heterocycles. The zero-order valence-corrected chi connectivity index (χ0v) is 12.5. The smallest absolute Gasteiger partial charge is 0.204 e. The Morgan fingerprint density at radius 1 is 1.00 bits per heavy atom. The van der Waals surface area contributed by atoms with Crippen molar-refractivity contribution in [3.8, 4) is 11.8 Å². The zero-order valence-electron chi connectivity index (χ0n) is 11.7. The molecule has 1 unspecified atom stereocenters. The van der Waals surface area contributed by atoms with Gasteiger partial charge in [0.2, 0.25) is 11.8 Å². The maximum Gasteiger partial charge on any atom is 0.204 e. The Balaban J connectivity index is 2.14. The van der Waals surface area contributed by atoms with Crippen LogP contribution in [0, 0.1) is 0 Å². The average Bonchev–Trinajstić information content (AvgIpc) is 2.79. The van der Waals surface area contributed by atoms with Gasteiger partial charge in [-0.25, -0.2) is 3.97 Å². The molecule has 0 spiro atoms. The molecule has 3 nitrogen and oxygen atoms in total. The number of benzene rings is 1. The molecule has 0 fully saturated rings. The molecular formula is C16H21NO2S. The summed E-state index contributed by atoms with van der Waals surface area (Å²) in [5.74, 6) is 0.174. The van der Waals surface area contributed by atoms with Gasteiger partial charge in [-0.3, -0.25) is 0 Å². The minimum atomic E-state index is 0.0870. The van der Waals surface area contributed by atoms with E-state index in [1.165, 1.54) is 46.5 Å². The molecule has 0 aliphatic carbocycles. The molecule has 2 aromatic rings. The molecule has 0 saturated carbocycles. The third-order valence-corrected chi connectivity index (χ3v) is 4.62. The van der Waals surface area contributed by atoms with Gasteiger partial charge in [0.1, 0.15) is 0 Å². The summed E-state index contributed by atoms with van der Waals surface area (Å²) in [6, 6.07) is 13.3. The minimum absolute atomic E-state index is 0.0870. The summed E-state index contributed by atoms with van der Waals surface area (Å²) in [6.45, 7) is 2.19. The topological polar surface area (TPSA) is 45.4 Å². The highest BCUT2D eigenvalue weighted by Crippen LogP contribution is 2.40. The Bertz CT molecular complexity index is 505. The lowest BCUT2D eigenvalue weighted by molar-refractivity contribution is 0.415. The van der Waals surface area contributed by atoms with Gasteiger partial charge < -0.3 is 10.2 Å². The second-order valence-corrected chi connectivity index (χ2v) is 5.99. The van der Waals surface area contributed by atoms with E-state index in [1.54, 1.807) is 0 Å². The maximum absolute atomic E-state index is 9.78. The lowest BCUT2D eigenvalue weighted by Gasteiger charge is -2.18. The van der Waals surface area contributed by atoms with Gasteiger partial charge in [-0.1, -0.05) is 56.5 Å². The first-order valence-corrected chi connectivity index (χ1v) is 7.87. The monoisotopic (exact) mass is 291 g/mol. The molecule has 0 aliphatic rings. The van der Waals surface area contributed by atoms with Crippen LogP contribution in [0.2, 0.25) is 0 Å². The van der Waals surface area contributed by atoms with Gasteiger partial charge in [0.25, 0.3) is 0 Å². The summed E-state index contributed by atoms with van der Waals surface area (Å²) in [7, 11) is 0. The van der Waals surface area contributed by atoms with Crippen molar-refractivity contribution in [3.63, 3.8) is 0 Å². The van der Waals surface area contributed by atoms with Crippen molar-refractivity contribution in [2.75, 3.05) is 0 Å². The van der Waals surface area contributed by atoms with Crippen LogP contribution in [0.3, 0.4) is 0 Å². The highest BCUT2D eigenvalue weighted by molar-refractivity contribution is 7.98. The first-order chi connectivity index (χ1) is 9.72. The van der Waals surface area contributed by atoms with Crippen molar-refractivity contribution in [3.05, 3.63) is 48.0 Å². The van der Waals surface area contributed by atoms with E-state index in [9.17, 15) is 10.2 Å². The molecule has 0 bridgehead atoms. The van der Waals surface area contributed by atoms with Crippen LogP contribution in [-0.2, 0) is 0 Å². The Hall–Kier alpha value is -1.55. The standard InChI is InChI=1S/C16H21NO2S/c1-2-3-5-10-14(13-8-6-4-7-9-13)20-17-15(18)11-12-16(17)19/h4,6-9,11-12,14,18-19H,2-3,5,10H2,1H3. The Kier molecular flexibility index (Phi) is 5.41. The van der Waals surface area contributed by atoms with Gasteiger partial charge in [0.05, 0.1) is 5.25 Å². The van der Waals surface area contributed by atoms with Crippen LogP contribution >= 0.6 is 11.9 Å². The molecule has 2 rings (SSSR count). The third-order valence-electron chi connectivity index (χ3n) is 3.27. The molecule has 2 N–H and O–H groups in total. The Labute approximate surface area is 124 Å². The number of hydrogen-bond donors (Lipinski definition) is 2. The Morgan fingerprint density at radius 2 is 1.65 bits per heavy atom. The molecule has 1 aromatic heterocycles. The van der Waals surface area contributed by atoms with Crippen molar-refractivity contribution in [1.29, 1.82) is 0 Å². The van der Waals surface area contributed by atoms with Crippen molar-refractivity contribution in [2.24, 2.45) is 0 Å². The lowest BCUT2D eigenvalue weighted by atomic mass is 10.1. The molecule has 0 saturated heterocycles. The van der Waals surface area contributed by atoms with E-state index >= 15 is 0 Å². The largest absolute Gasteiger partial charge is 0.494 e.